The van der Waals surface area contributed by atoms with Gasteiger partial charge in [-0.25, -0.2) is 0 Å². The second-order valence-electron chi connectivity index (χ2n) is 9.05. The van der Waals surface area contributed by atoms with Crippen LogP contribution in [0.5, 0.6) is 0 Å². The Morgan fingerprint density at radius 2 is 1.91 bits per heavy atom. The van der Waals surface area contributed by atoms with Crippen molar-refractivity contribution >= 4 is 40.6 Å². The number of aliphatic carboxylic acids is 1. The maximum absolute atomic E-state index is 11.9. The molecule has 1 aromatic carbocycles. The average molecular weight is 464 g/mol. The van der Waals surface area contributed by atoms with Crippen molar-refractivity contribution < 1.29 is 19.4 Å². The highest BCUT2D eigenvalue weighted by Crippen LogP contribution is 2.36. The number of methoxy groups -OCH3 is 1. The molecule has 0 aromatic heterocycles. The van der Waals surface area contributed by atoms with Gasteiger partial charge >= 0.3 is 5.97 Å². The van der Waals surface area contributed by atoms with Gasteiger partial charge in [-0.1, -0.05) is 46.1 Å². The number of carboxylic acid groups (broad SMARTS) is 1. The molecule has 0 bridgehead atoms. The number of nitrogens with one attached hydrogen (secondary N) is 2. The van der Waals surface area contributed by atoms with Gasteiger partial charge in [-0.2, -0.15) is 0 Å². The van der Waals surface area contributed by atoms with E-state index in [-0.39, 0.29) is 30.0 Å². The maximum atomic E-state index is 11.9. The van der Waals surface area contributed by atoms with E-state index in [1.54, 1.807) is 0 Å². The molecule has 3 N–H and O–H groups in total. The molecule has 0 heterocycles. The number of nitrogens with zero attached hydrogens (tertiary/aromatic N) is 1. The topological polar surface area (TPSA) is 90.9 Å². The highest BCUT2D eigenvalue weighted by molar-refractivity contribution is 7.80. The van der Waals surface area contributed by atoms with Crippen LogP contribution >= 0.6 is 12.2 Å². The van der Waals surface area contributed by atoms with Crippen molar-refractivity contribution in [2.45, 2.75) is 71.3 Å². The summed E-state index contributed by atoms with van der Waals surface area (Å²) in [6.07, 6.45) is 6.07. The number of amides is 1. The van der Waals surface area contributed by atoms with Gasteiger partial charge in [0.1, 0.15) is 6.61 Å². The number of ether oxygens (including phenoxy) is 1. The Labute approximate surface area is 196 Å². The fourth-order valence-electron chi connectivity index (χ4n) is 4.27. The van der Waals surface area contributed by atoms with Crippen LogP contribution in [0.15, 0.2) is 18.2 Å². The molecule has 1 atom stereocenters. The lowest BCUT2D eigenvalue weighted by molar-refractivity contribution is -0.137. The van der Waals surface area contributed by atoms with E-state index in [1.807, 2.05) is 19.1 Å². The molecule has 1 unspecified atom stereocenters. The number of carboxylic acids is 1. The normalized spacial score (nSPS) is 15.3. The van der Waals surface area contributed by atoms with Gasteiger partial charge in [0.25, 0.3) is 5.91 Å². The summed E-state index contributed by atoms with van der Waals surface area (Å²) < 4.78 is 4.86. The average Bonchev–Trinajstić information content (AvgIpc) is 2.72. The van der Waals surface area contributed by atoms with Gasteiger partial charge in [-0.3, -0.25) is 9.59 Å². The summed E-state index contributed by atoms with van der Waals surface area (Å²) in [6.45, 7) is 7.15. The lowest BCUT2D eigenvalue weighted by atomic mass is 9.92. The number of hydrogen-bond acceptors (Lipinski definition) is 5. The van der Waals surface area contributed by atoms with Crippen LogP contribution in [0.25, 0.3) is 0 Å². The van der Waals surface area contributed by atoms with Gasteiger partial charge in [0, 0.05) is 19.7 Å². The predicted octanol–water partition coefficient (Wildman–Crippen LogP) is 4.52. The number of thiocarbonyl (C=S) groups is 1. The number of hydrogen-bond donors (Lipinski definition) is 3. The van der Waals surface area contributed by atoms with Crippen molar-refractivity contribution in [2.24, 2.45) is 5.92 Å². The number of carbonyl (C=O) groups is 2. The molecule has 8 heteroatoms. The van der Waals surface area contributed by atoms with Crippen molar-refractivity contribution in [1.29, 1.82) is 0 Å². The Hall–Kier alpha value is -2.19. The number of benzene rings is 1. The second kappa shape index (κ2) is 12.7. The zero-order chi connectivity index (χ0) is 23.7. The molecule has 7 nitrogen and oxygen atoms in total. The molecule has 1 saturated carbocycles. The Morgan fingerprint density at radius 3 is 2.50 bits per heavy atom. The van der Waals surface area contributed by atoms with Gasteiger partial charge in [0.2, 0.25) is 0 Å². The van der Waals surface area contributed by atoms with E-state index in [9.17, 15) is 14.7 Å². The zero-order valence-electron chi connectivity index (χ0n) is 19.6. The van der Waals surface area contributed by atoms with Crippen molar-refractivity contribution in [1.82, 2.24) is 5.32 Å². The molecule has 178 valence electrons. The van der Waals surface area contributed by atoms with E-state index >= 15 is 0 Å². The fourth-order valence-corrected chi connectivity index (χ4v) is 4.49. The van der Waals surface area contributed by atoms with E-state index in [0.717, 1.165) is 36.3 Å². The molecule has 0 saturated heterocycles. The zero-order valence-corrected chi connectivity index (χ0v) is 20.5. The summed E-state index contributed by atoms with van der Waals surface area (Å²) in [7, 11) is 1.45. The molecule has 0 radical (unpaired) electrons. The molecule has 1 aliphatic carbocycles. The molecule has 1 aliphatic rings. The highest BCUT2D eigenvalue weighted by Gasteiger charge is 2.25. The van der Waals surface area contributed by atoms with Crippen LogP contribution in [-0.2, 0) is 14.3 Å². The van der Waals surface area contributed by atoms with E-state index in [0.29, 0.717) is 12.0 Å². The first kappa shape index (κ1) is 26.1. The van der Waals surface area contributed by atoms with E-state index in [4.69, 9.17) is 17.0 Å². The van der Waals surface area contributed by atoms with Crippen molar-refractivity contribution in [2.75, 3.05) is 30.5 Å². The molecular weight excluding hydrogens is 426 g/mol. The lowest BCUT2D eigenvalue weighted by Gasteiger charge is -2.38. The van der Waals surface area contributed by atoms with E-state index in [2.05, 4.69) is 35.4 Å². The van der Waals surface area contributed by atoms with Crippen LogP contribution in [0.2, 0.25) is 0 Å². The summed E-state index contributed by atoms with van der Waals surface area (Å²) in [4.78, 5) is 25.6. The highest BCUT2D eigenvalue weighted by atomic mass is 32.1. The SMILES string of the molecule is COCC(=O)NC(=S)Nc1cc(C(C)CC(=O)O)ccc1N(CC(C)C)C1CCCCC1. The largest absolute Gasteiger partial charge is 0.481 e. The van der Waals surface area contributed by atoms with Crippen LogP contribution in [0.1, 0.15) is 70.8 Å². The molecule has 2 rings (SSSR count). The quantitative estimate of drug-likeness (QED) is 0.440. The third-order valence-electron chi connectivity index (χ3n) is 5.73. The minimum absolute atomic E-state index is 0.0478. The monoisotopic (exact) mass is 463 g/mol. The molecule has 1 fully saturated rings. The number of rotatable bonds is 10. The van der Waals surface area contributed by atoms with Crippen molar-refractivity contribution in [3.05, 3.63) is 23.8 Å². The van der Waals surface area contributed by atoms with Gasteiger partial charge in [0.05, 0.1) is 17.8 Å². The van der Waals surface area contributed by atoms with Crippen LogP contribution in [0, 0.1) is 5.92 Å². The summed E-state index contributed by atoms with van der Waals surface area (Å²) in [5.74, 6) is -0.828. The first-order chi connectivity index (χ1) is 15.2. The summed E-state index contributed by atoms with van der Waals surface area (Å²) in [5, 5.41) is 15.3. The maximum Gasteiger partial charge on any atom is 0.303 e. The van der Waals surface area contributed by atoms with Crippen LogP contribution in [0.3, 0.4) is 0 Å². The Balaban J connectivity index is 2.39. The minimum Gasteiger partial charge on any atom is -0.481 e. The Kier molecular flexibility index (Phi) is 10.4. The van der Waals surface area contributed by atoms with E-state index in [1.165, 1.54) is 26.4 Å². The number of carbonyl (C=O) groups excluding carboxylic acids is 1. The van der Waals surface area contributed by atoms with Gasteiger partial charge in [0.15, 0.2) is 5.11 Å². The summed E-state index contributed by atoms with van der Waals surface area (Å²) in [6, 6.07) is 6.49. The molecule has 32 heavy (non-hydrogen) atoms. The third-order valence-corrected chi connectivity index (χ3v) is 5.94. The van der Waals surface area contributed by atoms with Gasteiger partial charge in [-0.15, -0.1) is 0 Å². The molecule has 0 aliphatic heterocycles. The van der Waals surface area contributed by atoms with E-state index < -0.39 is 5.97 Å². The van der Waals surface area contributed by atoms with Crippen LogP contribution in [-0.4, -0.2) is 48.4 Å². The lowest BCUT2D eigenvalue weighted by Crippen LogP contribution is -2.41. The van der Waals surface area contributed by atoms with Gasteiger partial charge < -0.3 is 25.4 Å². The Morgan fingerprint density at radius 1 is 1.22 bits per heavy atom. The van der Waals surface area contributed by atoms with Crippen molar-refractivity contribution in [3.63, 3.8) is 0 Å². The Bertz CT molecular complexity index is 793. The first-order valence-corrected chi connectivity index (χ1v) is 11.8. The first-order valence-electron chi connectivity index (χ1n) is 11.4. The fraction of sp³-hybridized carbons (Fsp3) is 0.625. The summed E-state index contributed by atoms with van der Waals surface area (Å²) in [5.41, 5.74) is 2.73. The molecule has 1 amide bonds. The third kappa shape index (κ3) is 8.06. The molecule has 1 aromatic rings. The predicted molar refractivity (Wildman–Crippen MR) is 132 cm³/mol. The van der Waals surface area contributed by atoms with Gasteiger partial charge in [-0.05, 0) is 54.6 Å². The molecular formula is C24H37N3O4S. The number of anilines is 2. The summed E-state index contributed by atoms with van der Waals surface area (Å²) >= 11 is 5.38. The molecule has 0 spiro atoms. The second-order valence-corrected chi connectivity index (χ2v) is 9.46. The minimum atomic E-state index is -0.831. The smallest absolute Gasteiger partial charge is 0.303 e. The van der Waals surface area contributed by atoms with Crippen LogP contribution in [0.4, 0.5) is 11.4 Å². The van der Waals surface area contributed by atoms with Crippen molar-refractivity contribution in [3.8, 4) is 0 Å². The van der Waals surface area contributed by atoms with Crippen LogP contribution < -0.4 is 15.5 Å². The standard InChI is InChI=1S/C24H37N3O4S/c1-16(2)14-27(19-8-6-5-7-9-19)21-11-10-18(17(3)12-23(29)30)13-20(21)25-24(32)26-22(28)15-31-4/h10-11,13,16-17,19H,5-9,12,14-15H2,1-4H3,(H,29,30)(H2,25,26,28,32).